The Morgan fingerprint density at radius 1 is 1.24 bits per heavy atom. The lowest BCUT2D eigenvalue weighted by atomic mass is 10.1. The van der Waals surface area contributed by atoms with E-state index in [4.69, 9.17) is 5.73 Å². The van der Waals surface area contributed by atoms with Crippen LogP contribution in [0.3, 0.4) is 0 Å². The highest BCUT2D eigenvalue weighted by molar-refractivity contribution is 7.91. The van der Waals surface area contributed by atoms with Crippen LogP contribution in [0.5, 0.6) is 0 Å². The van der Waals surface area contributed by atoms with Gasteiger partial charge in [-0.1, -0.05) is 26.7 Å². The van der Waals surface area contributed by atoms with E-state index >= 15 is 0 Å². The maximum atomic E-state index is 12.2. The van der Waals surface area contributed by atoms with Gasteiger partial charge in [-0.25, -0.2) is 8.42 Å². The van der Waals surface area contributed by atoms with Gasteiger partial charge in [0.1, 0.15) is 0 Å². The average Bonchev–Trinajstić information content (AvgIpc) is 2.29. The largest absolute Gasteiger partial charge is 0.399 e. The fraction of sp³-hybridized carbons (Fsp3) is 0.538. The van der Waals surface area contributed by atoms with Crippen LogP contribution in [-0.4, -0.2) is 14.2 Å². The van der Waals surface area contributed by atoms with Gasteiger partial charge in [0.25, 0.3) is 0 Å². The van der Waals surface area contributed by atoms with Crippen LogP contribution < -0.4 is 5.73 Å². The molecule has 0 spiro atoms. The van der Waals surface area contributed by atoms with Crippen molar-refractivity contribution >= 4 is 15.5 Å². The Morgan fingerprint density at radius 3 is 2.29 bits per heavy atom. The predicted octanol–water partition coefficient (Wildman–Crippen LogP) is 2.79. The van der Waals surface area contributed by atoms with Crippen LogP contribution in [-0.2, 0) is 9.84 Å². The summed E-state index contributed by atoms with van der Waals surface area (Å²) in [5.74, 6) is 0.460. The topological polar surface area (TPSA) is 60.2 Å². The SMILES string of the molecule is CCC(CC)CS(=O)(=O)c1ccc(N)c(C)c1. The van der Waals surface area contributed by atoms with E-state index in [-0.39, 0.29) is 11.7 Å². The molecule has 1 aromatic carbocycles. The van der Waals surface area contributed by atoms with E-state index in [2.05, 4.69) is 0 Å². The van der Waals surface area contributed by atoms with Gasteiger partial charge in [-0.2, -0.15) is 0 Å². The van der Waals surface area contributed by atoms with Crippen LogP contribution in [0.25, 0.3) is 0 Å². The normalized spacial score (nSPS) is 12.0. The van der Waals surface area contributed by atoms with Crippen LogP contribution in [0.1, 0.15) is 32.3 Å². The molecule has 4 heteroatoms. The van der Waals surface area contributed by atoms with Gasteiger partial charge in [-0.3, -0.25) is 0 Å². The van der Waals surface area contributed by atoms with Crippen LogP contribution in [0.15, 0.2) is 23.1 Å². The van der Waals surface area contributed by atoms with Crippen molar-refractivity contribution in [1.29, 1.82) is 0 Å². The first-order valence-corrected chi connectivity index (χ1v) is 7.64. The highest BCUT2D eigenvalue weighted by atomic mass is 32.2. The zero-order chi connectivity index (χ0) is 13.1. The lowest BCUT2D eigenvalue weighted by molar-refractivity contribution is 0.523. The van der Waals surface area contributed by atoms with Gasteiger partial charge < -0.3 is 5.73 Å². The Hall–Kier alpha value is -1.03. The summed E-state index contributed by atoms with van der Waals surface area (Å²) in [6.07, 6.45) is 1.79. The van der Waals surface area contributed by atoms with Crippen LogP contribution in [0.2, 0.25) is 0 Å². The number of aryl methyl sites for hydroxylation is 1. The molecular formula is C13H21NO2S. The third-order valence-corrected chi connectivity index (χ3v) is 5.09. The summed E-state index contributed by atoms with van der Waals surface area (Å²) in [6.45, 7) is 5.88. The number of rotatable bonds is 5. The molecule has 0 aromatic heterocycles. The third-order valence-electron chi connectivity index (χ3n) is 3.21. The third kappa shape index (κ3) is 3.46. The Morgan fingerprint density at radius 2 is 1.82 bits per heavy atom. The van der Waals surface area contributed by atoms with E-state index in [1.165, 1.54) is 0 Å². The molecule has 2 N–H and O–H groups in total. The van der Waals surface area contributed by atoms with E-state index in [9.17, 15) is 8.42 Å². The zero-order valence-electron chi connectivity index (χ0n) is 10.7. The highest BCUT2D eigenvalue weighted by Gasteiger charge is 2.19. The smallest absolute Gasteiger partial charge is 0.178 e. The quantitative estimate of drug-likeness (QED) is 0.823. The van der Waals surface area contributed by atoms with Gasteiger partial charge >= 0.3 is 0 Å². The molecule has 0 saturated heterocycles. The minimum atomic E-state index is -3.18. The summed E-state index contributed by atoms with van der Waals surface area (Å²) in [5.41, 5.74) is 7.14. The Labute approximate surface area is 104 Å². The molecule has 0 unspecified atom stereocenters. The Kier molecular flexibility index (Phi) is 4.57. The van der Waals surface area contributed by atoms with Gasteiger partial charge in [-0.05, 0) is 36.6 Å². The van der Waals surface area contributed by atoms with Gasteiger partial charge in [0.2, 0.25) is 0 Å². The van der Waals surface area contributed by atoms with Gasteiger partial charge in [0.05, 0.1) is 10.6 Å². The summed E-state index contributed by atoms with van der Waals surface area (Å²) in [4.78, 5) is 0.385. The minimum absolute atomic E-state index is 0.226. The molecule has 96 valence electrons. The number of sulfone groups is 1. The first kappa shape index (κ1) is 14.0. The second-order valence-electron chi connectivity index (χ2n) is 4.48. The molecule has 0 radical (unpaired) electrons. The minimum Gasteiger partial charge on any atom is -0.399 e. The number of hydrogen-bond donors (Lipinski definition) is 1. The van der Waals surface area contributed by atoms with Crippen molar-refractivity contribution in [2.45, 2.75) is 38.5 Å². The summed E-state index contributed by atoms with van der Waals surface area (Å²) in [5, 5.41) is 0. The molecule has 0 atom stereocenters. The van der Waals surface area contributed by atoms with Gasteiger partial charge in [-0.15, -0.1) is 0 Å². The molecule has 0 fully saturated rings. The molecule has 17 heavy (non-hydrogen) atoms. The molecule has 1 rings (SSSR count). The molecular weight excluding hydrogens is 234 g/mol. The van der Waals surface area contributed by atoms with Crippen molar-refractivity contribution in [1.82, 2.24) is 0 Å². The zero-order valence-corrected chi connectivity index (χ0v) is 11.5. The summed E-state index contributed by atoms with van der Waals surface area (Å²) < 4.78 is 24.4. The molecule has 3 nitrogen and oxygen atoms in total. The van der Waals surface area contributed by atoms with Crippen LogP contribution in [0.4, 0.5) is 5.69 Å². The maximum Gasteiger partial charge on any atom is 0.178 e. The summed E-state index contributed by atoms with van der Waals surface area (Å²) in [7, 11) is -3.18. The number of anilines is 1. The first-order valence-electron chi connectivity index (χ1n) is 5.99. The molecule has 0 aliphatic heterocycles. The summed E-state index contributed by atoms with van der Waals surface area (Å²) >= 11 is 0. The fourth-order valence-electron chi connectivity index (χ4n) is 1.77. The second-order valence-corrected chi connectivity index (χ2v) is 6.52. The number of benzene rings is 1. The van der Waals surface area contributed by atoms with Gasteiger partial charge in [0.15, 0.2) is 9.84 Å². The Balaban J connectivity index is 3.01. The van der Waals surface area contributed by atoms with Crippen LogP contribution >= 0.6 is 0 Å². The number of nitrogens with two attached hydrogens (primary N) is 1. The highest BCUT2D eigenvalue weighted by Crippen LogP contribution is 2.21. The molecule has 0 aliphatic rings. The number of hydrogen-bond acceptors (Lipinski definition) is 3. The van der Waals surface area contributed by atoms with E-state index in [1.54, 1.807) is 18.2 Å². The Bertz CT molecular complexity index is 476. The molecule has 0 heterocycles. The molecule has 0 amide bonds. The fourth-order valence-corrected chi connectivity index (χ4v) is 3.69. The number of nitrogen functional groups attached to an aromatic ring is 1. The molecule has 0 saturated carbocycles. The summed E-state index contributed by atoms with van der Waals surface area (Å²) in [6, 6.07) is 4.92. The van der Waals surface area contributed by atoms with Crippen molar-refractivity contribution in [3.8, 4) is 0 Å². The van der Waals surface area contributed by atoms with Crippen molar-refractivity contribution in [3.05, 3.63) is 23.8 Å². The van der Waals surface area contributed by atoms with Gasteiger partial charge in [0, 0.05) is 5.69 Å². The van der Waals surface area contributed by atoms with E-state index in [0.29, 0.717) is 10.6 Å². The van der Waals surface area contributed by atoms with E-state index in [1.807, 2.05) is 20.8 Å². The molecule has 0 bridgehead atoms. The van der Waals surface area contributed by atoms with Crippen molar-refractivity contribution in [3.63, 3.8) is 0 Å². The average molecular weight is 255 g/mol. The van der Waals surface area contributed by atoms with Crippen molar-refractivity contribution in [2.75, 3.05) is 11.5 Å². The van der Waals surface area contributed by atoms with Crippen LogP contribution in [0, 0.1) is 12.8 Å². The standard InChI is InChI=1S/C13H21NO2S/c1-4-11(5-2)9-17(15,16)12-6-7-13(14)10(3)8-12/h6-8,11H,4-5,9,14H2,1-3H3. The monoisotopic (exact) mass is 255 g/mol. The van der Waals surface area contributed by atoms with E-state index in [0.717, 1.165) is 18.4 Å². The second kappa shape index (κ2) is 5.54. The van der Waals surface area contributed by atoms with E-state index < -0.39 is 9.84 Å². The van der Waals surface area contributed by atoms with Crippen molar-refractivity contribution in [2.24, 2.45) is 5.92 Å². The maximum absolute atomic E-state index is 12.2. The lowest BCUT2D eigenvalue weighted by Gasteiger charge is -2.13. The molecule has 1 aromatic rings. The lowest BCUT2D eigenvalue weighted by Crippen LogP contribution is -2.15. The first-order chi connectivity index (χ1) is 7.90. The molecule has 0 aliphatic carbocycles. The predicted molar refractivity (Wildman–Crippen MR) is 71.7 cm³/mol. The van der Waals surface area contributed by atoms with Crippen molar-refractivity contribution < 1.29 is 8.42 Å².